The minimum atomic E-state index is -0.205. The van der Waals surface area contributed by atoms with Crippen molar-refractivity contribution in [1.82, 2.24) is 9.80 Å². The Bertz CT molecular complexity index is 297. The number of nitrogens with zero attached hydrogens (tertiary/aromatic N) is 2. The molecule has 4 nitrogen and oxygen atoms in total. The van der Waals surface area contributed by atoms with Crippen molar-refractivity contribution in [3.8, 4) is 0 Å². The van der Waals surface area contributed by atoms with Crippen LogP contribution in [0.4, 0.5) is 0 Å². The zero-order chi connectivity index (χ0) is 14.5. The van der Waals surface area contributed by atoms with E-state index in [-0.39, 0.29) is 6.10 Å². The molecule has 3 aliphatic rings. The molecule has 1 unspecified atom stereocenters. The molecule has 1 atom stereocenters. The van der Waals surface area contributed by atoms with E-state index in [4.69, 9.17) is 4.74 Å². The summed E-state index contributed by atoms with van der Waals surface area (Å²) in [6.45, 7) is 6.51. The standard InChI is InChI=1S/C17H32N2O2/c20-17(13-18-8-10-21-11-9-18)14-19(12-15-6-7-15)16-4-2-1-3-5-16/h15-17,20H,1-14H2. The molecule has 0 aromatic rings. The van der Waals surface area contributed by atoms with Gasteiger partial charge in [0.2, 0.25) is 0 Å². The number of β-amino-alcohol motifs (C(OH)–C–C–N with tert-alkyl or cyclic N) is 1. The van der Waals surface area contributed by atoms with Crippen LogP contribution in [0.3, 0.4) is 0 Å². The molecule has 2 saturated carbocycles. The Morgan fingerprint density at radius 2 is 1.76 bits per heavy atom. The van der Waals surface area contributed by atoms with Crippen molar-refractivity contribution in [2.45, 2.75) is 57.1 Å². The molecular formula is C17H32N2O2. The molecule has 1 saturated heterocycles. The lowest BCUT2D eigenvalue weighted by Gasteiger charge is -2.37. The summed E-state index contributed by atoms with van der Waals surface area (Å²) in [4.78, 5) is 4.98. The average molecular weight is 296 g/mol. The maximum atomic E-state index is 10.5. The fraction of sp³-hybridized carbons (Fsp3) is 1.00. The predicted octanol–water partition coefficient (Wildman–Crippen LogP) is 1.72. The van der Waals surface area contributed by atoms with E-state index in [9.17, 15) is 5.11 Å². The van der Waals surface area contributed by atoms with Gasteiger partial charge >= 0.3 is 0 Å². The second-order valence-corrected chi connectivity index (χ2v) is 7.26. The molecule has 0 radical (unpaired) electrons. The molecular weight excluding hydrogens is 264 g/mol. The largest absolute Gasteiger partial charge is 0.390 e. The van der Waals surface area contributed by atoms with Gasteiger partial charge in [-0.3, -0.25) is 9.80 Å². The van der Waals surface area contributed by atoms with Crippen LogP contribution in [0.15, 0.2) is 0 Å². The summed E-state index contributed by atoms with van der Waals surface area (Å²) in [7, 11) is 0. The van der Waals surface area contributed by atoms with Crippen molar-refractivity contribution in [2.75, 3.05) is 45.9 Å². The van der Waals surface area contributed by atoms with E-state index in [0.717, 1.165) is 51.4 Å². The van der Waals surface area contributed by atoms with Gasteiger partial charge in [0.25, 0.3) is 0 Å². The third-order valence-electron chi connectivity index (χ3n) is 5.30. The van der Waals surface area contributed by atoms with Crippen LogP contribution in [0, 0.1) is 5.92 Å². The number of aliphatic hydroxyl groups is 1. The van der Waals surface area contributed by atoms with E-state index in [1.807, 2.05) is 0 Å². The summed E-state index contributed by atoms with van der Waals surface area (Å²) in [6.07, 6.45) is 9.46. The van der Waals surface area contributed by atoms with Gasteiger partial charge in [0.1, 0.15) is 0 Å². The van der Waals surface area contributed by atoms with Gasteiger partial charge in [-0.2, -0.15) is 0 Å². The summed E-state index contributed by atoms with van der Waals surface area (Å²) in [6, 6.07) is 0.735. The number of morpholine rings is 1. The maximum absolute atomic E-state index is 10.5. The van der Waals surface area contributed by atoms with Gasteiger partial charge in [0, 0.05) is 38.8 Å². The molecule has 21 heavy (non-hydrogen) atoms. The van der Waals surface area contributed by atoms with E-state index in [1.54, 1.807) is 0 Å². The fourth-order valence-electron chi connectivity index (χ4n) is 3.86. The zero-order valence-corrected chi connectivity index (χ0v) is 13.4. The third kappa shape index (κ3) is 5.20. The first kappa shape index (κ1) is 15.7. The molecule has 0 amide bonds. The molecule has 0 spiro atoms. The smallest absolute Gasteiger partial charge is 0.0793 e. The van der Waals surface area contributed by atoms with Crippen molar-refractivity contribution in [1.29, 1.82) is 0 Å². The maximum Gasteiger partial charge on any atom is 0.0793 e. The van der Waals surface area contributed by atoms with Gasteiger partial charge in [-0.25, -0.2) is 0 Å². The molecule has 0 bridgehead atoms. The quantitative estimate of drug-likeness (QED) is 0.776. The van der Waals surface area contributed by atoms with Crippen LogP contribution in [0.5, 0.6) is 0 Å². The Morgan fingerprint density at radius 1 is 1.05 bits per heavy atom. The Hall–Kier alpha value is -0.160. The lowest BCUT2D eigenvalue weighted by Crippen LogP contribution is -2.47. The monoisotopic (exact) mass is 296 g/mol. The molecule has 3 rings (SSSR count). The molecule has 4 heteroatoms. The number of rotatable bonds is 7. The third-order valence-corrected chi connectivity index (χ3v) is 5.30. The molecule has 0 aromatic carbocycles. The highest BCUT2D eigenvalue weighted by Crippen LogP contribution is 2.32. The zero-order valence-electron chi connectivity index (χ0n) is 13.4. The molecule has 1 aliphatic heterocycles. The minimum absolute atomic E-state index is 0.205. The summed E-state index contributed by atoms with van der Waals surface area (Å²) in [5, 5.41) is 10.5. The lowest BCUT2D eigenvalue weighted by molar-refractivity contribution is 0.000324. The summed E-state index contributed by atoms with van der Waals surface area (Å²) < 4.78 is 5.38. The van der Waals surface area contributed by atoms with Gasteiger partial charge in [0.15, 0.2) is 0 Å². The first-order chi connectivity index (χ1) is 10.3. The number of hydrogen-bond donors (Lipinski definition) is 1. The number of hydrogen-bond acceptors (Lipinski definition) is 4. The Morgan fingerprint density at radius 3 is 2.43 bits per heavy atom. The van der Waals surface area contributed by atoms with Crippen LogP contribution in [0.1, 0.15) is 44.9 Å². The summed E-state index contributed by atoms with van der Waals surface area (Å²) in [5.41, 5.74) is 0. The summed E-state index contributed by atoms with van der Waals surface area (Å²) >= 11 is 0. The Balaban J connectivity index is 1.47. The van der Waals surface area contributed by atoms with Crippen LogP contribution in [0.2, 0.25) is 0 Å². The Kier molecular flexibility index (Phi) is 5.92. The second-order valence-electron chi connectivity index (χ2n) is 7.26. The van der Waals surface area contributed by atoms with E-state index in [0.29, 0.717) is 0 Å². The van der Waals surface area contributed by atoms with E-state index in [1.165, 1.54) is 51.5 Å². The highest BCUT2D eigenvalue weighted by atomic mass is 16.5. The van der Waals surface area contributed by atoms with Crippen LogP contribution in [-0.4, -0.2) is 73.0 Å². The van der Waals surface area contributed by atoms with E-state index in [2.05, 4.69) is 9.80 Å². The number of ether oxygens (including phenoxy) is 1. The minimum Gasteiger partial charge on any atom is -0.390 e. The highest BCUT2D eigenvalue weighted by Gasteiger charge is 2.30. The van der Waals surface area contributed by atoms with E-state index >= 15 is 0 Å². The van der Waals surface area contributed by atoms with Gasteiger partial charge < -0.3 is 9.84 Å². The van der Waals surface area contributed by atoms with Crippen LogP contribution in [0.25, 0.3) is 0 Å². The van der Waals surface area contributed by atoms with Crippen molar-refractivity contribution in [3.63, 3.8) is 0 Å². The van der Waals surface area contributed by atoms with Crippen molar-refractivity contribution in [2.24, 2.45) is 5.92 Å². The van der Waals surface area contributed by atoms with Gasteiger partial charge in [-0.05, 0) is 31.6 Å². The van der Waals surface area contributed by atoms with Crippen molar-refractivity contribution < 1.29 is 9.84 Å². The molecule has 122 valence electrons. The van der Waals surface area contributed by atoms with Gasteiger partial charge in [-0.15, -0.1) is 0 Å². The second kappa shape index (κ2) is 7.91. The normalized spacial score (nSPS) is 27.1. The molecule has 1 heterocycles. The van der Waals surface area contributed by atoms with Crippen molar-refractivity contribution in [3.05, 3.63) is 0 Å². The van der Waals surface area contributed by atoms with Crippen molar-refractivity contribution >= 4 is 0 Å². The first-order valence-electron chi connectivity index (χ1n) is 9.03. The highest BCUT2D eigenvalue weighted by molar-refractivity contribution is 4.84. The first-order valence-corrected chi connectivity index (χ1v) is 9.03. The van der Waals surface area contributed by atoms with E-state index < -0.39 is 0 Å². The van der Waals surface area contributed by atoms with Gasteiger partial charge in [-0.1, -0.05) is 19.3 Å². The summed E-state index contributed by atoms with van der Waals surface area (Å²) in [5.74, 6) is 0.919. The van der Waals surface area contributed by atoms with Crippen LogP contribution < -0.4 is 0 Å². The van der Waals surface area contributed by atoms with Crippen LogP contribution in [-0.2, 0) is 4.74 Å². The fourth-order valence-corrected chi connectivity index (χ4v) is 3.86. The molecule has 1 N–H and O–H groups in total. The Labute approximate surface area is 129 Å². The number of aliphatic hydroxyl groups excluding tert-OH is 1. The van der Waals surface area contributed by atoms with Gasteiger partial charge in [0.05, 0.1) is 19.3 Å². The predicted molar refractivity (Wildman–Crippen MR) is 84.4 cm³/mol. The lowest BCUT2D eigenvalue weighted by atomic mass is 9.93. The SMILES string of the molecule is OC(CN1CCOCC1)CN(CC1CC1)C1CCCCC1. The molecule has 0 aromatic heterocycles. The average Bonchev–Trinajstić information content (AvgIpc) is 3.32. The molecule has 2 aliphatic carbocycles. The van der Waals surface area contributed by atoms with Crippen LogP contribution >= 0.6 is 0 Å². The molecule has 3 fully saturated rings. The topological polar surface area (TPSA) is 35.9 Å².